The van der Waals surface area contributed by atoms with Gasteiger partial charge >= 0.3 is 11.9 Å². The van der Waals surface area contributed by atoms with Crippen LogP contribution in [0.25, 0.3) is 0 Å². The van der Waals surface area contributed by atoms with Gasteiger partial charge in [0.1, 0.15) is 19.8 Å². The Labute approximate surface area is 368 Å². The summed E-state index contributed by atoms with van der Waals surface area (Å²) in [4.78, 5) is 37.5. The number of phosphoric acid groups is 1. The molecule has 10 heteroatoms. The van der Waals surface area contributed by atoms with Crippen LogP contribution in [0.1, 0.15) is 194 Å². The summed E-state index contributed by atoms with van der Waals surface area (Å²) in [7, 11) is 1.12. The summed E-state index contributed by atoms with van der Waals surface area (Å²) in [5, 5.41) is 0. The number of hydrogen-bond acceptors (Lipinski definition) is 8. The molecular weight excluding hydrogens is 774 g/mol. The Morgan fingerprint density at radius 3 is 1.48 bits per heavy atom. The van der Waals surface area contributed by atoms with Gasteiger partial charge in [-0.1, -0.05) is 177 Å². The van der Waals surface area contributed by atoms with Gasteiger partial charge in [-0.25, -0.2) is 0 Å². The highest BCUT2D eigenvalue weighted by atomic mass is 31.2. The van der Waals surface area contributed by atoms with Crippen molar-refractivity contribution in [3.63, 3.8) is 0 Å². The lowest BCUT2D eigenvalue weighted by Gasteiger charge is -2.28. The monoisotopic (exact) mass is 864 g/mol. The van der Waals surface area contributed by atoms with E-state index >= 15 is 0 Å². The molecule has 0 aromatic carbocycles. The summed E-state index contributed by atoms with van der Waals surface area (Å²) >= 11 is 0. The van der Waals surface area contributed by atoms with Crippen molar-refractivity contribution >= 4 is 19.8 Å². The predicted molar refractivity (Wildman–Crippen MR) is 250 cm³/mol. The van der Waals surface area contributed by atoms with Gasteiger partial charge in [0.25, 0.3) is 7.82 Å². The second-order valence-corrected chi connectivity index (χ2v) is 18.5. The molecule has 0 aliphatic carbocycles. The number of nitrogens with zero attached hydrogens (tertiary/aromatic N) is 1. The first kappa shape index (κ1) is 57.7. The average Bonchev–Trinajstić information content (AvgIpc) is 3.20. The molecule has 0 N–H and O–H groups in total. The normalized spacial score (nSPS) is 14.0. The number of rotatable bonds is 43. The van der Waals surface area contributed by atoms with Crippen LogP contribution in [-0.2, 0) is 32.7 Å². The van der Waals surface area contributed by atoms with Gasteiger partial charge in [0.2, 0.25) is 0 Å². The summed E-state index contributed by atoms with van der Waals surface area (Å²) in [5.74, 6) is -0.930. The number of carbonyl (C=O) groups is 2. The van der Waals surface area contributed by atoms with Crippen LogP contribution < -0.4 is 4.89 Å². The van der Waals surface area contributed by atoms with Crippen molar-refractivity contribution in [2.24, 2.45) is 0 Å². The van der Waals surface area contributed by atoms with Crippen molar-refractivity contribution in [3.05, 3.63) is 60.8 Å². The number of likely N-dealkylation sites (N-methyl/N-ethyl adjacent to an activating group) is 1. The van der Waals surface area contributed by atoms with Crippen LogP contribution in [-0.4, -0.2) is 70.0 Å². The van der Waals surface area contributed by atoms with E-state index in [1.807, 2.05) is 33.3 Å². The molecular formula is C50H90NO8P. The van der Waals surface area contributed by atoms with E-state index in [2.05, 4.69) is 62.5 Å². The molecule has 2 unspecified atom stereocenters. The van der Waals surface area contributed by atoms with Crippen molar-refractivity contribution in [2.75, 3.05) is 47.5 Å². The molecule has 0 rings (SSSR count). The lowest BCUT2D eigenvalue weighted by atomic mass is 10.0. The van der Waals surface area contributed by atoms with Gasteiger partial charge in [0.15, 0.2) is 6.10 Å². The third-order valence-corrected chi connectivity index (χ3v) is 11.0. The van der Waals surface area contributed by atoms with E-state index in [0.29, 0.717) is 17.4 Å². The van der Waals surface area contributed by atoms with Crippen molar-refractivity contribution in [1.29, 1.82) is 0 Å². The molecule has 0 aliphatic heterocycles. The van der Waals surface area contributed by atoms with Crippen molar-refractivity contribution < 1.29 is 42.1 Å². The van der Waals surface area contributed by atoms with E-state index in [1.165, 1.54) is 116 Å². The van der Waals surface area contributed by atoms with Crippen molar-refractivity contribution in [1.82, 2.24) is 0 Å². The molecule has 348 valence electrons. The highest BCUT2D eigenvalue weighted by Crippen LogP contribution is 2.38. The highest BCUT2D eigenvalue weighted by Gasteiger charge is 2.21. The maximum absolute atomic E-state index is 12.6. The fourth-order valence-corrected chi connectivity index (χ4v) is 7.04. The number of carbonyl (C=O) groups excluding carboxylic acids is 2. The molecule has 0 heterocycles. The third kappa shape index (κ3) is 45.2. The van der Waals surface area contributed by atoms with Gasteiger partial charge in [-0.15, -0.1) is 0 Å². The topological polar surface area (TPSA) is 111 Å². The Balaban J connectivity index is 4.27. The summed E-state index contributed by atoms with van der Waals surface area (Å²) in [5.41, 5.74) is 0. The number of esters is 2. The first-order valence-electron chi connectivity index (χ1n) is 24.0. The van der Waals surface area contributed by atoms with Crippen LogP contribution in [0.15, 0.2) is 60.8 Å². The number of hydrogen-bond donors (Lipinski definition) is 0. The van der Waals surface area contributed by atoms with E-state index in [4.69, 9.17) is 18.5 Å². The minimum Gasteiger partial charge on any atom is -0.756 e. The average molecular weight is 864 g/mol. The second kappa shape index (κ2) is 42.0. The zero-order chi connectivity index (χ0) is 44.3. The summed E-state index contributed by atoms with van der Waals surface area (Å²) in [6.07, 6.45) is 51.4. The van der Waals surface area contributed by atoms with E-state index in [0.717, 1.165) is 44.9 Å². The molecule has 2 atom stereocenters. The second-order valence-electron chi connectivity index (χ2n) is 17.1. The summed E-state index contributed by atoms with van der Waals surface area (Å²) in [6, 6.07) is 0. The SMILES string of the molecule is CC/C=C\C/C=C\C/C=C\C/C=C\CCC(=O)OC(COC(=O)CCCCCCCCCCCCC/C=C\CCCCCCCCCC)COP(=O)([O-])OCC[N+](C)(C)C. The zero-order valence-corrected chi connectivity index (χ0v) is 40.0. The Morgan fingerprint density at radius 2 is 0.983 bits per heavy atom. The molecule has 0 fully saturated rings. The van der Waals surface area contributed by atoms with E-state index < -0.39 is 32.5 Å². The van der Waals surface area contributed by atoms with Gasteiger partial charge < -0.3 is 27.9 Å². The first-order chi connectivity index (χ1) is 29.0. The molecule has 0 spiro atoms. The summed E-state index contributed by atoms with van der Waals surface area (Å²) < 4.78 is 33.8. The minimum atomic E-state index is -4.65. The molecule has 0 aromatic heterocycles. The fraction of sp³-hybridized carbons (Fsp3) is 0.760. The van der Waals surface area contributed by atoms with Gasteiger partial charge in [-0.2, -0.15) is 0 Å². The Hall–Kier alpha value is -2.29. The van der Waals surface area contributed by atoms with Gasteiger partial charge in [-0.05, 0) is 64.2 Å². The van der Waals surface area contributed by atoms with E-state index in [9.17, 15) is 19.0 Å². The number of unbranched alkanes of at least 4 members (excludes halogenated alkanes) is 19. The minimum absolute atomic E-state index is 0.0453. The lowest BCUT2D eigenvalue weighted by Crippen LogP contribution is -2.37. The molecule has 0 aliphatic rings. The van der Waals surface area contributed by atoms with Crippen LogP contribution in [0.3, 0.4) is 0 Å². The maximum Gasteiger partial charge on any atom is 0.306 e. The fourth-order valence-electron chi connectivity index (χ4n) is 6.31. The molecule has 0 radical (unpaired) electrons. The van der Waals surface area contributed by atoms with Crippen LogP contribution in [0, 0.1) is 0 Å². The molecule has 0 saturated carbocycles. The summed E-state index contributed by atoms with van der Waals surface area (Å²) in [6.45, 7) is 4.03. The lowest BCUT2D eigenvalue weighted by molar-refractivity contribution is -0.870. The van der Waals surface area contributed by atoms with Crippen LogP contribution in [0.2, 0.25) is 0 Å². The number of allylic oxidation sites excluding steroid dienone is 10. The van der Waals surface area contributed by atoms with Gasteiger partial charge in [0, 0.05) is 12.8 Å². The highest BCUT2D eigenvalue weighted by molar-refractivity contribution is 7.45. The largest absolute Gasteiger partial charge is 0.756 e. The Kier molecular flexibility index (Phi) is 40.4. The molecule has 0 bridgehead atoms. The number of phosphoric ester groups is 1. The Bertz CT molecular complexity index is 1210. The first-order valence-corrected chi connectivity index (χ1v) is 25.5. The number of quaternary nitrogens is 1. The molecule has 9 nitrogen and oxygen atoms in total. The third-order valence-electron chi connectivity index (χ3n) is 10.0. The van der Waals surface area contributed by atoms with Crippen LogP contribution >= 0.6 is 7.82 Å². The smallest absolute Gasteiger partial charge is 0.306 e. The zero-order valence-electron chi connectivity index (χ0n) is 39.1. The van der Waals surface area contributed by atoms with Crippen molar-refractivity contribution in [2.45, 2.75) is 200 Å². The Morgan fingerprint density at radius 1 is 0.533 bits per heavy atom. The maximum atomic E-state index is 12.6. The van der Waals surface area contributed by atoms with Crippen LogP contribution in [0.5, 0.6) is 0 Å². The van der Waals surface area contributed by atoms with Gasteiger partial charge in [0.05, 0.1) is 27.7 Å². The predicted octanol–water partition coefficient (Wildman–Crippen LogP) is 13.4. The van der Waals surface area contributed by atoms with E-state index in [1.54, 1.807) is 0 Å². The number of ether oxygens (including phenoxy) is 2. The standard InChI is InChI=1S/C50H90NO8P/c1-6-8-10-12-14-16-18-20-21-22-23-24-25-26-27-28-29-31-32-34-36-38-40-42-49(52)56-46-48(47-58-60(54,55)57-45-44-51(3,4)5)59-50(53)43-41-39-37-35-33-30-19-17-15-13-11-9-7-2/h9,11,15,17,22-23,30,33,37,39,48H,6-8,10,12-14,16,18-21,24-29,31-32,34-36,38,40-47H2,1-5H3/b11-9-,17-15-,23-22-,33-30-,39-37-. The molecule has 0 aromatic rings. The van der Waals surface area contributed by atoms with Gasteiger partial charge in [-0.3, -0.25) is 14.2 Å². The van der Waals surface area contributed by atoms with Crippen LogP contribution in [0.4, 0.5) is 0 Å². The quantitative estimate of drug-likeness (QED) is 0.0196. The molecule has 0 amide bonds. The van der Waals surface area contributed by atoms with Crippen molar-refractivity contribution in [3.8, 4) is 0 Å². The van der Waals surface area contributed by atoms with E-state index in [-0.39, 0.29) is 26.1 Å². The molecule has 0 saturated heterocycles. The molecule has 60 heavy (non-hydrogen) atoms.